The van der Waals surface area contributed by atoms with Crippen LogP contribution in [0.5, 0.6) is 0 Å². The minimum atomic E-state index is -1.01. The van der Waals surface area contributed by atoms with Crippen molar-refractivity contribution in [2.24, 2.45) is 0 Å². The van der Waals surface area contributed by atoms with Crippen LogP contribution in [0.4, 0.5) is 24.5 Å². The van der Waals surface area contributed by atoms with Gasteiger partial charge < -0.3 is 15.0 Å². The van der Waals surface area contributed by atoms with Crippen molar-refractivity contribution in [1.29, 1.82) is 0 Å². The van der Waals surface area contributed by atoms with Crippen LogP contribution in [-0.4, -0.2) is 52.3 Å². The van der Waals surface area contributed by atoms with Crippen LogP contribution in [-0.2, 0) is 11.3 Å². The average molecular weight is 512 g/mol. The molecule has 0 unspecified atom stereocenters. The van der Waals surface area contributed by atoms with Gasteiger partial charge in [-0.1, -0.05) is 6.07 Å². The normalized spacial score (nSPS) is 13.5. The highest BCUT2D eigenvalue weighted by atomic mass is 19.1. The van der Waals surface area contributed by atoms with Crippen LogP contribution in [0.3, 0.4) is 0 Å². The van der Waals surface area contributed by atoms with Gasteiger partial charge in [0.25, 0.3) is 11.5 Å². The van der Waals surface area contributed by atoms with Crippen molar-refractivity contribution in [1.82, 2.24) is 19.6 Å². The number of carbonyl (C=O) groups is 1. The van der Waals surface area contributed by atoms with Gasteiger partial charge >= 0.3 is 0 Å². The lowest BCUT2D eigenvalue weighted by atomic mass is 10.1. The van der Waals surface area contributed by atoms with Crippen LogP contribution >= 0.6 is 0 Å². The van der Waals surface area contributed by atoms with Crippen LogP contribution in [0.15, 0.2) is 47.4 Å². The summed E-state index contributed by atoms with van der Waals surface area (Å²) in [6.07, 6.45) is 3.42. The van der Waals surface area contributed by atoms with Crippen LogP contribution in [0.25, 0.3) is 16.6 Å². The molecule has 1 fully saturated rings. The molecule has 1 aliphatic heterocycles. The Morgan fingerprint density at radius 1 is 1.05 bits per heavy atom. The summed E-state index contributed by atoms with van der Waals surface area (Å²) in [6.45, 7) is 2.11. The van der Waals surface area contributed by atoms with Gasteiger partial charge in [0.05, 0.1) is 30.7 Å². The van der Waals surface area contributed by atoms with E-state index in [9.17, 15) is 18.4 Å². The highest BCUT2D eigenvalue weighted by molar-refractivity contribution is 6.09. The maximum atomic E-state index is 15.3. The van der Waals surface area contributed by atoms with E-state index in [1.807, 2.05) is 4.90 Å². The Bertz CT molecular complexity index is 1520. The van der Waals surface area contributed by atoms with E-state index >= 15 is 4.39 Å². The summed E-state index contributed by atoms with van der Waals surface area (Å²) in [5.41, 5.74) is -0.714. The first-order valence-corrected chi connectivity index (χ1v) is 11.7. The van der Waals surface area contributed by atoms with Gasteiger partial charge in [0.15, 0.2) is 17.5 Å². The Balaban J connectivity index is 1.56. The third-order valence-corrected chi connectivity index (χ3v) is 6.21. The summed E-state index contributed by atoms with van der Waals surface area (Å²) < 4.78 is 51.0. The van der Waals surface area contributed by atoms with Crippen LogP contribution in [0.2, 0.25) is 0 Å². The number of para-hydroxylation sites is 1. The molecule has 0 radical (unpaired) electrons. The van der Waals surface area contributed by atoms with Crippen LogP contribution in [0, 0.1) is 17.5 Å². The molecular formula is C25H23F3N6O3. The first kappa shape index (κ1) is 24.5. The topological polar surface area (TPSA) is 94.3 Å². The van der Waals surface area contributed by atoms with Gasteiger partial charge in [-0.15, -0.1) is 0 Å². The monoisotopic (exact) mass is 512 g/mol. The molecule has 0 atom stereocenters. The van der Waals surface area contributed by atoms with E-state index in [1.54, 1.807) is 13.3 Å². The van der Waals surface area contributed by atoms with Crippen molar-refractivity contribution < 1.29 is 22.7 Å². The molecule has 1 amide bonds. The molecule has 9 nitrogen and oxygen atoms in total. The number of methoxy groups -OCH3 is 1. The number of hydrogen-bond donors (Lipinski definition) is 1. The number of amides is 1. The Labute approximate surface area is 209 Å². The molecule has 1 aliphatic rings. The number of fused-ring (bicyclic) bond motifs is 1. The summed E-state index contributed by atoms with van der Waals surface area (Å²) in [5.74, 6) is -3.40. The molecule has 0 bridgehead atoms. The molecule has 2 aromatic heterocycles. The van der Waals surface area contributed by atoms with E-state index in [0.717, 1.165) is 43.2 Å². The third-order valence-electron chi connectivity index (χ3n) is 6.21. The number of anilines is 2. The Morgan fingerprint density at radius 3 is 2.49 bits per heavy atom. The summed E-state index contributed by atoms with van der Waals surface area (Å²) in [6, 6.07) is 6.45. The van der Waals surface area contributed by atoms with Gasteiger partial charge in [0.1, 0.15) is 16.9 Å². The molecule has 4 aromatic rings. The largest absolute Gasteiger partial charge is 0.383 e. The maximum Gasteiger partial charge on any atom is 0.276 e. The number of nitrogens with zero attached hydrogens (tertiary/aromatic N) is 5. The van der Waals surface area contributed by atoms with E-state index in [0.29, 0.717) is 47.5 Å². The van der Waals surface area contributed by atoms with Gasteiger partial charge in [-0.25, -0.2) is 13.2 Å². The zero-order valence-electron chi connectivity index (χ0n) is 19.9. The average Bonchev–Trinajstić information content (AvgIpc) is 3.55. The fraction of sp³-hybridized carbons (Fsp3) is 0.280. The molecule has 5 rings (SSSR count). The lowest BCUT2D eigenvalue weighted by Gasteiger charge is -2.23. The number of hydrogen-bond acceptors (Lipinski definition) is 6. The minimum absolute atomic E-state index is 0.194. The van der Waals surface area contributed by atoms with Gasteiger partial charge in [-0.2, -0.15) is 14.9 Å². The Hall–Kier alpha value is -4.19. The van der Waals surface area contributed by atoms with Gasteiger partial charge in [0, 0.05) is 37.7 Å². The molecule has 0 aliphatic carbocycles. The Morgan fingerprint density at radius 2 is 1.78 bits per heavy atom. The third kappa shape index (κ3) is 4.55. The number of benzene rings is 2. The van der Waals surface area contributed by atoms with Gasteiger partial charge in [-0.05, 0) is 31.0 Å². The van der Waals surface area contributed by atoms with Crippen molar-refractivity contribution in [3.8, 4) is 5.69 Å². The first-order chi connectivity index (χ1) is 17.9. The summed E-state index contributed by atoms with van der Waals surface area (Å²) in [7, 11) is 1.54. The second-order valence-corrected chi connectivity index (χ2v) is 8.56. The summed E-state index contributed by atoms with van der Waals surface area (Å²) >= 11 is 0. The Kier molecular flexibility index (Phi) is 6.66. The van der Waals surface area contributed by atoms with E-state index in [4.69, 9.17) is 4.74 Å². The van der Waals surface area contributed by atoms with E-state index in [-0.39, 0.29) is 11.4 Å². The van der Waals surface area contributed by atoms with Crippen LogP contribution < -0.4 is 15.8 Å². The molecule has 2 aromatic carbocycles. The minimum Gasteiger partial charge on any atom is -0.383 e. The van der Waals surface area contributed by atoms with Crippen LogP contribution in [0.1, 0.15) is 23.3 Å². The molecular weight excluding hydrogens is 489 g/mol. The quantitative estimate of drug-likeness (QED) is 0.408. The number of ether oxygens (including phenoxy) is 1. The predicted octanol–water partition coefficient (Wildman–Crippen LogP) is 3.50. The van der Waals surface area contributed by atoms with Crippen molar-refractivity contribution in [3.63, 3.8) is 0 Å². The molecule has 1 saturated heterocycles. The smallest absolute Gasteiger partial charge is 0.276 e. The SMILES string of the molecule is COCCn1ncc2c(N3CCCC3)c(NC(=O)c3ccc(=O)n(-c4c(F)cccc4F)n3)cc(F)c21. The number of rotatable bonds is 7. The number of carbonyl (C=O) groups excluding carboxylic acids is 1. The zero-order valence-corrected chi connectivity index (χ0v) is 19.9. The van der Waals surface area contributed by atoms with E-state index < -0.39 is 34.6 Å². The number of aromatic nitrogens is 4. The summed E-state index contributed by atoms with van der Waals surface area (Å²) in [5, 5.41) is 11.4. The number of nitrogens with one attached hydrogen (secondary N) is 1. The van der Waals surface area contributed by atoms with Crippen molar-refractivity contribution >= 4 is 28.2 Å². The standard InChI is InChI=1S/C25H23F3N6O3/c1-37-12-11-33-22-15(14-29-33)23(32-9-2-3-10-32)20(13-18(22)28)30-25(36)19-7-8-21(35)34(31-19)24-16(26)5-4-6-17(24)27/h4-8,13-14H,2-3,9-12H2,1H3,(H,30,36). The van der Waals surface area contributed by atoms with Crippen molar-refractivity contribution in [2.45, 2.75) is 19.4 Å². The maximum absolute atomic E-state index is 15.3. The molecule has 3 heterocycles. The zero-order chi connectivity index (χ0) is 26.1. The van der Waals surface area contributed by atoms with Crippen molar-refractivity contribution in [2.75, 3.05) is 37.0 Å². The lowest BCUT2D eigenvalue weighted by Crippen LogP contribution is -2.27. The first-order valence-electron chi connectivity index (χ1n) is 11.7. The molecule has 37 heavy (non-hydrogen) atoms. The molecule has 0 spiro atoms. The fourth-order valence-electron chi connectivity index (χ4n) is 4.51. The molecule has 12 heteroatoms. The van der Waals surface area contributed by atoms with E-state index in [1.165, 1.54) is 10.7 Å². The predicted molar refractivity (Wildman–Crippen MR) is 131 cm³/mol. The lowest BCUT2D eigenvalue weighted by molar-refractivity contribution is 0.102. The second-order valence-electron chi connectivity index (χ2n) is 8.56. The highest BCUT2D eigenvalue weighted by Crippen LogP contribution is 2.38. The molecule has 0 saturated carbocycles. The highest BCUT2D eigenvalue weighted by Gasteiger charge is 2.25. The molecule has 1 N–H and O–H groups in total. The number of halogens is 3. The fourth-order valence-corrected chi connectivity index (χ4v) is 4.51. The molecule has 192 valence electrons. The van der Waals surface area contributed by atoms with Crippen molar-refractivity contribution in [3.05, 3.63) is 76.1 Å². The second kappa shape index (κ2) is 10.1. The summed E-state index contributed by atoms with van der Waals surface area (Å²) in [4.78, 5) is 27.5. The van der Waals surface area contributed by atoms with Gasteiger partial charge in [0.2, 0.25) is 0 Å². The van der Waals surface area contributed by atoms with Gasteiger partial charge in [-0.3, -0.25) is 14.3 Å². The van der Waals surface area contributed by atoms with E-state index in [2.05, 4.69) is 15.5 Å².